The first-order valence-corrected chi connectivity index (χ1v) is 4.86. The summed E-state index contributed by atoms with van der Waals surface area (Å²) < 4.78 is 0. The minimum Gasteiger partial charge on any atom is -0.269 e. The fourth-order valence-electron chi connectivity index (χ4n) is 2.30. The Morgan fingerprint density at radius 2 is 1.45 bits per heavy atom. The van der Waals surface area contributed by atoms with Crippen LogP contribution in [0, 0.1) is 11.8 Å². The smallest absolute Gasteiger partial charge is 0.0131 e. The Kier molecular flexibility index (Phi) is 2.14. The summed E-state index contributed by atoms with van der Waals surface area (Å²) in [6.07, 6.45) is 7.17. The summed E-state index contributed by atoms with van der Waals surface area (Å²) >= 11 is 0. The van der Waals surface area contributed by atoms with Gasteiger partial charge in [0.2, 0.25) is 0 Å². The van der Waals surface area contributed by atoms with Gasteiger partial charge in [0.05, 0.1) is 0 Å². The van der Waals surface area contributed by atoms with Gasteiger partial charge in [0.25, 0.3) is 0 Å². The number of nitrogens with two attached hydrogens (primary N) is 1. The molecule has 11 heavy (non-hydrogen) atoms. The van der Waals surface area contributed by atoms with Crippen LogP contribution in [0.2, 0.25) is 0 Å². The molecule has 0 amide bonds. The van der Waals surface area contributed by atoms with Crippen molar-refractivity contribution < 1.29 is 0 Å². The van der Waals surface area contributed by atoms with Gasteiger partial charge in [-0.05, 0) is 24.7 Å². The number of hydrogen-bond donors (Lipinski definition) is 1. The number of hydrogen-bond acceptors (Lipinski definition) is 2. The van der Waals surface area contributed by atoms with E-state index in [1.54, 1.807) is 0 Å². The fraction of sp³-hybridized carbons (Fsp3) is 1.00. The van der Waals surface area contributed by atoms with Gasteiger partial charge >= 0.3 is 0 Å². The van der Waals surface area contributed by atoms with Gasteiger partial charge in [-0.25, -0.2) is 5.01 Å². The van der Waals surface area contributed by atoms with Crippen molar-refractivity contribution in [1.82, 2.24) is 5.01 Å². The van der Waals surface area contributed by atoms with E-state index >= 15 is 0 Å². The van der Waals surface area contributed by atoms with Crippen LogP contribution in [0.1, 0.15) is 32.1 Å². The molecule has 1 saturated carbocycles. The molecule has 2 fully saturated rings. The molecule has 64 valence electrons. The molecule has 0 bridgehead atoms. The highest BCUT2D eigenvalue weighted by Gasteiger charge is 2.29. The second kappa shape index (κ2) is 3.11. The lowest BCUT2D eigenvalue weighted by Crippen LogP contribution is -2.41. The standard InChI is InChI=1S/C9H18N2/c10-11-6-4-9(5-7-11)8-2-1-3-8/h8-9H,1-7,10H2. The average Bonchev–Trinajstić information content (AvgIpc) is 1.90. The molecule has 0 aromatic heterocycles. The van der Waals surface area contributed by atoms with Gasteiger partial charge in [-0.1, -0.05) is 19.3 Å². The van der Waals surface area contributed by atoms with E-state index in [0.717, 1.165) is 24.9 Å². The van der Waals surface area contributed by atoms with E-state index in [0.29, 0.717) is 0 Å². The highest BCUT2D eigenvalue weighted by atomic mass is 15.4. The normalized spacial score (nSPS) is 30.3. The van der Waals surface area contributed by atoms with Gasteiger partial charge in [-0.2, -0.15) is 0 Å². The lowest BCUT2D eigenvalue weighted by atomic mass is 9.72. The molecule has 0 unspecified atom stereocenters. The van der Waals surface area contributed by atoms with Crippen LogP contribution in [0.4, 0.5) is 0 Å². The minimum atomic E-state index is 1.02. The van der Waals surface area contributed by atoms with Crippen molar-refractivity contribution in [2.75, 3.05) is 13.1 Å². The van der Waals surface area contributed by atoms with Crippen molar-refractivity contribution >= 4 is 0 Å². The van der Waals surface area contributed by atoms with Crippen molar-refractivity contribution in [2.45, 2.75) is 32.1 Å². The summed E-state index contributed by atoms with van der Waals surface area (Å²) in [7, 11) is 0. The molecule has 2 rings (SSSR count). The Bertz CT molecular complexity index is 124. The van der Waals surface area contributed by atoms with Crippen LogP contribution in [0.5, 0.6) is 0 Å². The van der Waals surface area contributed by atoms with Crippen LogP contribution in [0.25, 0.3) is 0 Å². The Hall–Kier alpha value is -0.0800. The van der Waals surface area contributed by atoms with Crippen LogP contribution in [0.15, 0.2) is 0 Å². The molecule has 2 N–H and O–H groups in total. The molecular weight excluding hydrogens is 136 g/mol. The third-order valence-electron chi connectivity index (χ3n) is 3.39. The van der Waals surface area contributed by atoms with Crippen LogP contribution in [-0.2, 0) is 0 Å². The zero-order valence-electron chi connectivity index (χ0n) is 7.13. The maximum absolute atomic E-state index is 5.69. The minimum absolute atomic E-state index is 1.02. The molecule has 2 nitrogen and oxygen atoms in total. The summed E-state index contributed by atoms with van der Waals surface area (Å²) in [6.45, 7) is 2.25. The quantitative estimate of drug-likeness (QED) is 0.578. The van der Waals surface area contributed by atoms with Crippen molar-refractivity contribution in [3.63, 3.8) is 0 Å². The second-order valence-electron chi connectivity index (χ2n) is 4.06. The Morgan fingerprint density at radius 3 is 1.91 bits per heavy atom. The summed E-state index contributed by atoms with van der Waals surface area (Å²) in [5, 5.41) is 1.97. The Morgan fingerprint density at radius 1 is 0.909 bits per heavy atom. The second-order valence-corrected chi connectivity index (χ2v) is 4.06. The molecule has 0 radical (unpaired) electrons. The molecule has 2 heteroatoms. The third kappa shape index (κ3) is 1.57. The van der Waals surface area contributed by atoms with Gasteiger partial charge in [-0.3, -0.25) is 5.84 Å². The van der Waals surface area contributed by atoms with Crippen molar-refractivity contribution in [3.8, 4) is 0 Å². The lowest BCUT2D eigenvalue weighted by Gasteiger charge is -2.38. The van der Waals surface area contributed by atoms with Crippen LogP contribution in [-0.4, -0.2) is 18.1 Å². The summed E-state index contributed by atoms with van der Waals surface area (Å²) in [6, 6.07) is 0. The molecule has 1 aliphatic heterocycles. The number of nitrogens with zero attached hydrogens (tertiary/aromatic N) is 1. The van der Waals surface area contributed by atoms with Crippen molar-refractivity contribution in [1.29, 1.82) is 0 Å². The van der Waals surface area contributed by atoms with E-state index in [2.05, 4.69) is 0 Å². The molecule has 0 aromatic carbocycles. The van der Waals surface area contributed by atoms with E-state index in [-0.39, 0.29) is 0 Å². The molecule has 0 spiro atoms. The zero-order chi connectivity index (χ0) is 7.68. The fourth-order valence-corrected chi connectivity index (χ4v) is 2.30. The molecule has 1 saturated heterocycles. The summed E-state index contributed by atoms with van der Waals surface area (Å²) in [5.74, 6) is 7.78. The van der Waals surface area contributed by atoms with E-state index in [1.807, 2.05) is 5.01 Å². The zero-order valence-corrected chi connectivity index (χ0v) is 7.13. The highest BCUT2D eigenvalue weighted by Crippen LogP contribution is 2.38. The van der Waals surface area contributed by atoms with Crippen LogP contribution < -0.4 is 5.84 Å². The first-order valence-electron chi connectivity index (χ1n) is 4.86. The topological polar surface area (TPSA) is 29.3 Å². The van der Waals surface area contributed by atoms with Gasteiger partial charge in [0.1, 0.15) is 0 Å². The van der Waals surface area contributed by atoms with Crippen molar-refractivity contribution in [2.24, 2.45) is 17.7 Å². The average molecular weight is 154 g/mol. The van der Waals surface area contributed by atoms with E-state index in [4.69, 9.17) is 5.84 Å². The molecule has 0 atom stereocenters. The predicted molar refractivity (Wildman–Crippen MR) is 45.8 cm³/mol. The lowest BCUT2D eigenvalue weighted by molar-refractivity contribution is 0.108. The third-order valence-corrected chi connectivity index (χ3v) is 3.39. The maximum Gasteiger partial charge on any atom is 0.0131 e. The SMILES string of the molecule is NN1CCC(C2CCC2)CC1. The largest absolute Gasteiger partial charge is 0.269 e. The molecule has 1 heterocycles. The predicted octanol–water partition coefficient (Wildman–Crippen LogP) is 1.37. The Labute approximate surface area is 68.7 Å². The monoisotopic (exact) mass is 154 g/mol. The van der Waals surface area contributed by atoms with Crippen molar-refractivity contribution in [3.05, 3.63) is 0 Å². The molecule has 0 aromatic rings. The van der Waals surface area contributed by atoms with E-state index < -0.39 is 0 Å². The maximum atomic E-state index is 5.69. The van der Waals surface area contributed by atoms with Crippen LogP contribution in [0.3, 0.4) is 0 Å². The molecular formula is C9H18N2. The van der Waals surface area contributed by atoms with E-state index in [9.17, 15) is 0 Å². The highest BCUT2D eigenvalue weighted by molar-refractivity contribution is 4.81. The first-order chi connectivity index (χ1) is 5.36. The van der Waals surface area contributed by atoms with Crippen LogP contribution >= 0.6 is 0 Å². The number of rotatable bonds is 1. The first kappa shape index (κ1) is 7.56. The summed E-state index contributed by atoms with van der Waals surface area (Å²) in [4.78, 5) is 0. The molecule has 1 aliphatic carbocycles. The van der Waals surface area contributed by atoms with Gasteiger partial charge in [-0.15, -0.1) is 0 Å². The van der Waals surface area contributed by atoms with Gasteiger partial charge in [0.15, 0.2) is 0 Å². The number of piperidine rings is 1. The van der Waals surface area contributed by atoms with E-state index in [1.165, 1.54) is 32.1 Å². The summed E-state index contributed by atoms with van der Waals surface area (Å²) in [5.41, 5.74) is 0. The molecule has 2 aliphatic rings. The van der Waals surface area contributed by atoms with Gasteiger partial charge in [0, 0.05) is 13.1 Å². The van der Waals surface area contributed by atoms with Gasteiger partial charge < -0.3 is 0 Å². The Balaban J connectivity index is 1.77. The number of hydrazine groups is 1.